The summed E-state index contributed by atoms with van der Waals surface area (Å²) < 4.78 is 3.50. The van der Waals surface area contributed by atoms with Gasteiger partial charge < -0.3 is 14.9 Å². The lowest BCUT2D eigenvalue weighted by atomic mass is 10.0. The van der Waals surface area contributed by atoms with Crippen LogP contribution in [-0.2, 0) is 4.79 Å². The monoisotopic (exact) mass is 513 g/mol. The number of rotatable bonds is 6. The molecule has 0 radical (unpaired) electrons. The van der Waals surface area contributed by atoms with Crippen molar-refractivity contribution in [1.29, 1.82) is 5.26 Å². The Balaban J connectivity index is 1.41. The van der Waals surface area contributed by atoms with Crippen molar-refractivity contribution in [3.63, 3.8) is 0 Å². The van der Waals surface area contributed by atoms with E-state index in [-0.39, 0.29) is 17.9 Å². The first-order valence-corrected chi connectivity index (χ1v) is 12.8. The zero-order valence-corrected chi connectivity index (χ0v) is 22.0. The van der Waals surface area contributed by atoms with Crippen LogP contribution < -0.4 is 4.90 Å². The van der Waals surface area contributed by atoms with Crippen molar-refractivity contribution in [3.8, 4) is 28.5 Å². The molecule has 4 aromatic rings. The van der Waals surface area contributed by atoms with Crippen LogP contribution in [0.5, 0.6) is 0 Å². The van der Waals surface area contributed by atoms with Crippen LogP contribution >= 0.6 is 0 Å². The van der Waals surface area contributed by atoms with Crippen LogP contribution in [0.4, 0.5) is 5.82 Å². The van der Waals surface area contributed by atoms with Crippen molar-refractivity contribution in [2.75, 3.05) is 31.1 Å². The van der Waals surface area contributed by atoms with E-state index in [2.05, 4.69) is 26.4 Å². The minimum Gasteiger partial charge on any atom is -0.383 e. The van der Waals surface area contributed by atoms with Gasteiger partial charge in [-0.15, -0.1) is 5.10 Å². The van der Waals surface area contributed by atoms with E-state index in [1.54, 1.807) is 26.5 Å². The van der Waals surface area contributed by atoms with Gasteiger partial charge in [-0.3, -0.25) is 4.79 Å². The topological polar surface area (TPSA) is 128 Å². The number of anilines is 1. The smallest absolute Gasteiger partial charge is 0.251 e. The third-order valence-electron chi connectivity index (χ3n) is 6.93. The molecule has 4 aromatic heterocycles. The zero-order valence-electron chi connectivity index (χ0n) is 22.0. The van der Waals surface area contributed by atoms with Crippen molar-refractivity contribution in [2.24, 2.45) is 5.92 Å². The fourth-order valence-corrected chi connectivity index (χ4v) is 4.59. The van der Waals surface area contributed by atoms with Gasteiger partial charge >= 0.3 is 0 Å². The maximum atomic E-state index is 12.5. The Labute approximate surface area is 220 Å². The number of aliphatic hydroxyl groups excluding tert-OH is 1. The Bertz CT molecular complexity index is 1490. The summed E-state index contributed by atoms with van der Waals surface area (Å²) in [4.78, 5) is 21.1. The summed E-state index contributed by atoms with van der Waals surface area (Å²) in [5.74, 6) is 0.486. The highest BCUT2D eigenvalue weighted by Crippen LogP contribution is 2.32. The number of carbonyl (C=O) groups excluding carboxylic acids is 1. The maximum Gasteiger partial charge on any atom is 0.251 e. The van der Waals surface area contributed by atoms with Gasteiger partial charge in [0, 0.05) is 61.3 Å². The molecule has 0 spiro atoms. The normalized spacial score (nSPS) is 14.9. The molecule has 196 valence electrons. The van der Waals surface area contributed by atoms with Gasteiger partial charge in [-0.2, -0.15) is 10.4 Å². The SMILES string of the molecule is CC(C)[C@@H](O)C(=O)N1CCN(c2ccc(-c3cc(-c4cn(C(C)C)nn4)cn4ncc(C#N)c34)cn2)CC1. The molecule has 5 rings (SSSR count). The molecule has 0 aliphatic carbocycles. The molecule has 1 saturated heterocycles. The predicted molar refractivity (Wildman–Crippen MR) is 142 cm³/mol. The molecule has 0 aromatic carbocycles. The number of piperazine rings is 1. The second-order valence-corrected chi connectivity index (χ2v) is 10.2. The number of fused-ring (bicyclic) bond motifs is 1. The first-order valence-electron chi connectivity index (χ1n) is 12.8. The Morgan fingerprint density at radius 1 is 1.05 bits per heavy atom. The van der Waals surface area contributed by atoms with E-state index in [1.807, 2.05) is 58.3 Å². The van der Waals surface area contributed by atoms with Crippen LogP contribution in [0.3, 0.4) is 0 Å². The fraction of sp³-hybridized carbons (Fsp3) is 0.407. The molecule has 1 amide bonds. The molecule has 1 aliphatic heterocycles. The molecule has 1 aliphatic rings. The third kappa shape index (κ3) is 4.70. The first kappa shape index (κ1) is 25.4. The van der Waals surface area contributed by atoms with Crippen LogP contribution in [0.2, 0.25) is 0 Å². The lowest BCUT2D eigenvalue weighted by molar-refractivity contribution is -0.142. The minimum atomic E-state index is -0.969. The molecule has 1 N–H and O–H groups in total. The predicted octanol–water partition coefficient (Wildman–Crippen LogP) is 2.77. The van der Waals surface area contributed by atoms with Crippen LogP contribution in [0.1, 0.15) is 39.3 Å². The zero-order chi connectivity index (χ0) is 27.0. The van der Waals surface area contributed by atoms with Crippen LogP contribution in [0.25, 0.3) is 27.9 Å². The van der Waals surface area contributed by atoms with E-state index < -0.39 is 6.10 Å². The molecule has 1 atom stereocenters. The minimum absolute atomic E-state index is 0.112. The molecular formula is C27H31N9O2. The summed E-state index contributed by atoms with van der Waals surface area (Å²) in [7, 11) is 0. The van der Waals surface area contributed by atoms with E-state index in [0.29, 0.717) is 37.3 Å². The van der Waals surface area contributed by atoms with Crippen LogP contribution in [0.15, 0.2) is 43.0 Å². The van der Waals surface area contributed by atoms with Crippen molar-refractivity contribution in [2.45, 2.75) is 39.8 Å². The summed E-state index contributed by atoms with van der Waals surface area (Å²) >= 11 is 0. The Kier molecular flexibility index (Phi) is 6.82. The maximum absolute atomic E-state index is 12.5. The molecule has 38 heavy (non-hydrogen) atoms. The molecule has 11 nitrogen and oxygen atoms in total. The second kappa shape index (κ2) is 10.2. The molecule has 1 fully saturated rings. The Morgan fingerprint density at radius 2 is 1.82 bits per heavy atom. The Morgan fingerprint density at radius 3 is 2.42 bits per heavy atom. The van der Waals surface area contributed by atoms with Crippen molar-refractivity contribution in [1.82, 2.24) is 34.5 Å². The average molecular weight is 514 g/mol. The van der Waals surface area contributed by atoms with Gasteiger partial charge in [0.2, 0.25) is 0 Å². The van der Waals surface area contributed by atoms with Crippen molar-refractivity contribution >= 4 is 17.2 Å². The van der Waals surface area contributed by atoms with E-state index >= 15 is 0 Å². The number of hydrogen-bond acceptors (Lipinski definition) is 8. The largest absolute Gasteiger partial charge is 0.383 e. The van der Waals surface area contributed by atoms with Gasteiger partial charge in [-0.1, -0.05) is 19.1 Å². The summed E-state index contributed by atoms with van der Waals surface area (Å²) in [6.07, 6.45) is 6.15. The van der Waals surface area contributed by atoms with Crippen molar-refractivity contribution in [3.05, 3.63) is 48.5 Å². The lowest BCUT2D eigenvalue weighted by Gasteiger charge is -2.36. The lowest BCUT2D eigenvalue weighted by Crippen LogP contribution is -2.52. The number of carbonyl (C=O) groups is 1. The number of pyridine rings is 2. The molecular weight excluding hydrogens is 482 g/mol. The highest BCUT2D eigenvalue weighted by molar-refractivity contribution is 5.87. The fourth-order valence-electron chi connectivity index (χ4n) is 4.59. The van der Waals surface area contributed by atoms with E-state index in [0.717, 1.165) is 28.2 Å². The number of aromatic nitrogens is 6. The number of nitrogens with zero attached hydrogens (tertiary/aromatic N) is 9. The summed E-state index contributed by atoms with van der Waals surface area (Å²) in [6.45, 7) is 10.1. The van der Waals surface area contributed by atoms with E-state index in [1.165, 1.54) is 0 Å². The van der Waals surface area contributed by atoms with Crippen molar-refractivity contribution < 1.29 is 9.90 Å². The third-order valence-corrected chi connectivity index (χ3v) is 6.93. The Hall–Kier alpha value is -4.30. The molecule has 0 saturated carbocycles. The summed E-state index contributed by atoms with van der Waals surface area (Å²) in [5.41, 5.74) is 4.41. The number of aliphatic hydroxyl groups is 1. The highest BCUT2D eigenvalue weighted by Gasteiger charge is 2.28. The molecule has 0 bridgehead atoms. The number of amides is 1. The van der Waals surface area contributed by atoms with Crippen LogP contribution in [-0.4, -0.2) is 77.8 Å². The van der Waals surface area contributed by atoms with Gasteiger partial charge in [-0.05, 0) is 38.0 Å². The molecule has 11 heteroatoms. The standard InChI is InChI=1S/C27H31N9O2/c1-17(2)26(37)27(38)34-9-7-33(8-10-34)24-6-5-19(13-29-24)22-11-20(23-16-35(18(3)4)32-31-23)15-36-25(22)21(12-28)14-30-36/h5-6,11,13-18,26,37H,7-10H2,1-4H3/t26-/m1/s1. The van der Waals surface area contributed by atoms with Gasteiger partial charge in [0.25, 0.3) is 5.91 Å². The van der Waals surface area contributed by atoms with Gasteiger partial charge in [0.15, 0.2) is 0 Å². The van der Waals surface area contributed by atoms with Gasteiger partial charge in [0.05, 0.1) is 23.5 Å². The van der Waals surface area contributed by atoms with E-state index in [4.69, 9.17) is 4.98 Å². The summed E-state index contributed by atoms with van der Waals surface area (Å²) in [6, 6.07) is 8.36. The van der Waals surface area contributed by atoms with Crippen LogP contribution in [0, 0.1) is 17.2 Å². The van der Waals surface area contributed by atoms with Gasteiger partial charge in [0.1, 0.15) is 23.7 Å². The molecule has 0 unspecified atom stereocenters. The average Bonchev–Trinajstić information content (AvgIpc) is 3.60. The highest BCUT2D eigenvalue weighted by atomic mass is 16.3. The first-order chi connectivity index (χ1) is 18.3. The summed E-state index contributed by atoms with van der Waals surface area (Å²) in [5, 5.41) is 32.8. The molecule has 5 heterocycles. The number of nitriles is 1. The van der Waals surface area contributed by atoms with Gasteiger partial charge in [-0.25, -0.2) is 14.2 Å². The quantitative estimate of drug-likeness (QED) is 0.417. The van der Waals surface area contributed by atoms with E-state index in [9.17, 15) is 15.2 Å². The second-order valence-electron chi connectivity index (χ2n) is 10.2. The number of hydrogen-bond donors (Lipinski definition) is 1.